The van der Waals surface area contributed by atoms with Crippen LogP contribution in [0.1, 0.15) is 44.9 Å². The van der Waals surface area contributed by atoms with Crippen molar-refractivity contribution in [3.63, 3.8) is 0 Å². The molecule has 1 saturated heterocycles. The Morgan fingerprint density at radius 3 is 2.33 bits per heavy atom. The van der Waals surface area contributed by atoms with Gasteiger partial charge in [-0.05, 0) is 44.4 Å². The molecule has 1 aliphatic heterocycles. The fourth-order valence-electron chi connectivity index (χ4n) is 2.48. The Kier molecular flexibility index (Phi) is 5.03. The molecule has 3 nitrogen and oxygen atoms in total. The van der Waals surface area contributed by atoms with E-state index >= 15 is 0 Å². The first kappa shape index (κ1) is 16.0. The van der Waals surface area contributed by atoms with Gasteiger partial charge in [-0.2, -0.15) is 0 Å². The molecule has 21 heavy (non-hydrogen) atoms. The zero-order valence-electron chi connectivity index (χ0n) is 14.0. The predicted octanol–water partition coefficient (Wildman–Crippen LogP) is 2.58. The van der Waals surface area contributed by atoms with E-state index in [0.29, 0.717) is 5.92 Å². The quantitative estimate of drug-likeness (QED) is 0.779. The maximum Gasteiger partial charge on any atom is 0.113 e. The molecule has 1 aliphatic rings. The molecule has 1 aromatic rings. The van der Waals surface area contributed by atoms with Crippen LogP contribution in [-0.4, -0.2) is 53.5 Å². The molecular formula is C18H27N3. The first-order valence-corrected chi connectivity index (χ1v) is 7.81. The van der Waals surface area contributed by atoms with Gasteiger partial charge in [-0.3, -0.25) is 4.90 Å². The Balaban J connectivity index is 2.06. The monoisotopic (exact) mass is 285 g/mol. The van der Waals surface area contributed by atoms with E-state index in [1.54, 1.807) is 0 Å². The number of aromatic nitrogens is 1. The van der Waals surface area contributed by atoms with E-state index in [-0.39, 0.29) is 5.54 Å². The molecule has 0 atom stereocenters. The minimum Gasteiger partial charge on any atom is -0.304 e. The van der Waals surface area contributed by atoms with Gasteiger partial charge in [-0.1, -0.05) is 25.8 Å². The molecule has 0 spiro atoms. The van der Waals surface area contributed by atoms with E-state index in [4.69, 9.17) is 0 Å². The molecular weight excluding hydrogens is 258 g/mol. The van der Waals surface area contributed by atoms with Gasteiger partial charge in [0, 0.05) is 32.4 Å². The third-order valence-corrected chi connectivity index (χ3v) is 4.24. The average Bonchev–Trinajstić information content (AvgIpc) is 2.46. The van der Waals surface area contributed by atoms with Crippen molar-refractivity contribution in [2.45, 2.75) is 39.2 Å². The van der Waals surface area contributed by atoms with Crippen molar-refractivity contribution < 1.29 is 0 Å². The highest BCUT2D eigenvalue weighted by atomic mass is 15.3. The molecule has 0 saturated carbocycles. The molecule has 114 valence electrons. The lowest BCUT2D eigenvalue weighted by atomic mass is 10.0. The topological polar surface area (TPSA) is 19.4 Å². The molecule has 0 unspecified atom stereocenters. The maximum atomic E-state index is 4.46. The van der Waals surface area contributed by atoms with Gasteiger partial charge < -0.3 is 4.90 Å². The van der Waals surface area contributed by atoms with Crippen LogP contribution in [0.25, 0.3) is 0 Å². The Morgan fingerprint density at radius 2 is 1.81 bits per heavy atom. The number of piperazine rings is 1. The molecule has 1 fully saturated rings. The van der Waals surface area contributed by atoms with Crippen molar-refractivity contribution >= 4 is 0 Å². The van der Waals surface area contributed by atoms with Crippen LogP contribution < -0.4 is 0 Å². The summed E-state index contributed by atoms with van der Waals surface area (Å²) in [5.41, 5.74) is 2.03. The summed E-state index contributed by atoms with van der Waals surface area (Å²) in [6, 6.07) is 4.16. The van der Waals surface area contributed by atoms with Gasteiger partial charge in [-0.25, -0.2) is 4.98 Å². The normalized spacial score (nSPS) is 17.6. The lowest BCUT2D eigenvalue weighted by molar-refractivity contribution is 0.0946. The molecule has 3 heteroatoms. The second-order valence-corrected chi connectivity index (χ2v) is 6.73. The third kappa shape index (κ3) is 4.30. The number of hydrogen-bond acceptors (Lipinski definition) is 3. The van der Waals surface area contributed by atoms with E-state index in [1.807, 2.05) is 12.3 Å². The van der Waals surface area contributed by atoms with Crippen LogP contribution in [0.3, 0.4) is 0 Å². The van der Waals surface area contributed by atoms with Crippen LogP contribution >= 0.6 is 0 Å². The van der Waals surface area contributed by atoms with Gasteiger partial charge in [-0.15, -0.1) is 0 Å². The fourth-order valence-corrected chi connectivity index (χ4v) is 2.48. The number of rotatable bonds is 2. The Morgan fingerprint density at radius 1 is 1.14 bits per heavy atom. The van der Waals surface area contributed by atoms with Crippen LogP contribution in [0, 0.1) is 11.8 Å². The molecule has 2 rings (SSSR count). The van der Waals surface area contributed by atoms with Crippen molar-refractivity contribution in [2.24, 2.45) is 0 Å². The van der Waals surface area contributed by atoms with Crippen LogP contribution in [-0.2, 0) is 0 Å². The SMILES string of the molecule is CC(C)c1ccc(C#CC(C)(C)N2CCN(C)CC2)nc1. The minimum absolute atomic E-state index is 0.0976. The summed E-state index contributed by atoms with van der Waals surface area (Å²) < 4.78 is 0. The smallest absolute Gasteiger partial charge is 0.113 e. The average molecular weight is 285 g/mol. The van der Waals surface area contributed by atoms with E-state index in [0.717, 1.165) is 31.9 Å². The van der Waals surface area contributed by atoms with Gasteiger partial charge >= 0.3 is 0 Å². The Labute approximate surface area is 129 Å². The van der Waals surface area contributed by atoms with E-state index in [2.05, 4.69) is 67.4 Å². The molecule has 2 heterocycles. The standard InChI is InChI=1S/C18H27N3/c1-15(2)16-6-7-17(19-14-16)8-9-18(3,4)21-12-10-20(5)11-13-21/h6-7,14-15H,10-13H2,1-5H3. The van der Waals surface area contributed by atoms with Gasteiger partial charge in [0.05, 0.1) is 5.54 Å². The summed E-state index contributed by atoms with van der Waals surface area (Å²) in [6.07, 6.45) is 1.94. The molecule has 0 bridgehead atoms. The minimum atomic E-state index is -0.0976. The van der Waals surface area contributed by atoms with Crippen LogP contribution in [0.5, 0.6) is 0 Å². The molecule has 0 N–H and O–H groups in total. The van der Waals surface area contributed by atoms with Crippen molar-refractivity contribution in [1.29, 1.82) is 0 Å². The van der Waals surface area contributed by atoms with Crippen LogP contribution in [0.4, 0.5) is 0 Å². The summed E-state index contributed by atoms with van der Waals surface area (Å²) in [5, 5.41) is 0. The summed E-state index contributed by atoms with van der Waals surface area (Å²) >= 11 is 0. The fraction of sp³-hybridized carbons (Fsp3) is 0.611. The van der Waals surface area contributed by atoms with Gasteiger partial charge in [0.15, 0.2) is 0 Å². The highest BCUT2D eigenvalue weighted by molar-refractivity contribution is 5.32. The highest BCUT2D eigenvalue weighted by Crippen LogP contribution is 2.16. The molecule has 0 aromatic carbocycles. The maximum absolute atomic E-state index is 4.46. The number of hydrogen-bond donors (Lipinski definition) is 0. The third-order valence-electron chi connectivity index (χ3n) is 4.24. The Hall–Kier alpha value is -1.37. The zero-order valence-corrected chi connectivity index (χ0v) is 14.0. The molecule has 0 aliphatic carbocycles. The first-order chi connectivity index (χ1) is 9.88. The number of nitrogens with zero attached hydrogens (tertiary/aromatic N) is 3. The lowest BCUT2D eigenvalue weighted by Crippen LogP contribution is -2.53. The van der Waals surface area contributed by atoms with Crippen LogP contribution in [0.2, 0.25) is 0 Å². The van der Waals surface area contributed by atoms with E-state index in [1.165, 1.54) is 5.56 Å². The highest BCUT2D eigenvalue weighted by Gasteiger charge is 2.27. The predicted molar refractivity (Wildman–Crippen MR) is 88.4 cm³/mol. The lowest BCUT2D eigenvalue weighted by Gasteiger charge is -2.40. The molecule has 0 amide bonds. The first-order valence-electron chi connectivity index (χ1n) is 7.81. The molecule has 0 radical (unpaired) electrons. The second kappa shape index (κ2) is 6.60. The van der Waals surface area contributed by atoms with Gasteiger partial charge in [0.2, 0.25) is 0 Å². The van der Waals surface area contributed by atoms with Gasteiger partial charge in [0.1, 0.15) is 5.69 Å². The summed E-state index contributed by atoms with van der Waals surface area (Å²) in [4.78, 5) is 9.29. The zero-order chi connectivity index (χ0) is 15.5. The van der Waals surface area contributed by atoms with E-state index < -0.39 is 0 Å². The van der Waals surface area contributed by atoms with E-state index in [9.17, 15) is 0 Å². The summed E-state index contributed by atoms with van der Waals surface area (Å²) in [6.45, 7) is 13.2. The van der Waals surface area contributed by atoms with Crippen molar-refractivity contribution in [3.05, 3.63) is 29.6 Å². The van der Waals surface area contributed by atoms with Crippen LogP contribution in [0.15, 0.2) is 18.3 Å². The molecule has 1 aromatic heterocycles. The Bertz CT molecular complexity index is 512. The number of pyridine rings is 1. The van der Waals surface area contributed by atoms with Crippen molar-refractivity contribution in [3.8, 4) is 11.8 Å². The van der Waals surface area contributed by atoms with Crippen molar-refractivity contribution in [1.82, 2.24) is 14.8 Å². The summed E-state index contributed by atoms with van der Waals surface area (Å²) in [7, 11) is 2.18. The largest absolute Gasteiger partial charge is 0.304 e. The number of likely N-dealkylation sites (N-methyl/N-ethyl adjacent to an activating group) is 1. The summed E-state index contributed by atoms with van der Waals surface area (Å²) in [5.74, 6) is 7.16. The van der Waals surface area contributed by atoms with Crippen molar-refractivity contribution in [2.75, 3.05) is 33.2 Å². The van der Waals surface area contributed by atoms with Gasteiger partial charge in [0.25, 0.3) is 0 Å². The second-order valence-electron chi connectivity index (χ2n) is 6.73.